The molecule has 1 aliphatic rings. The number of alkyl halides is 3. The number of guanidine groups is 1. The normalized spacial score (nSPS) is 15.4. The molecule has 9 heteroatoms. The van der Waals surface area contributed by atoms with Crippen molar-refractivity contribution < 1.29 is 22.6 Å². The number of nitrogens with one attached hydrogen (secondary N) is 1. The lowest BCUT2D eigenvalue weighted by molar-refractivity contribution is -0.274. The largest absolute Gasteiger partial charge is 0.573 e. The second kappa shape index (κ2) is 8.96. The Morgan fingerprint density at radius 3 is 2.74 bits per heavy atom. The van der Waals surface area contributed by atoms with Crippen LogP contribution in [0.4, 0.5) is 18.9 Å². The third kappa shape index (κ3) is 7.08. The number of nitrogens with zero attached hydrogens (tertiary/aromatic N) is 1. The zero-order chi connectivity index (χ0) is 16.0. The van der Waals surface area contributed by atoms with Gasteiger partial charge >= 0.3 is 6.36 Å². The maximum Gasteiger partial charge on any atom is 0.573 e. The molecule has 1 aromatic rings. The van der Waals surface area contributed by atoms with Gasteiger partial charge in [-0.15, -0.1) is 37.1 Å². The van der Waals surface area contributed by atoms with E-state index < -0.39 is 6.36 Å². The summed E-state index contributed by atoms with van der Waals surface area (Å²) >= 11 is 0. The fourth-order valence-corrected chi connectivity index (χ4v) is 1.87. The van der Waals surface area contributed by atoms with Crippen LogP contribution in [-0.4, -0.2) is 32.1 Å². The van der Waals surface area contributed by atoms with Gasteiger partial charge in [0.2, 0.25) is 0 Å². The van der Waals surface area contributed by atoms with Gasteiger partial charge in [0.25, 0.3) is 0 Å². The van der Waals surface area contributed by atoms with Crippen LogP contribution in [0.1, 0.15) is 6.42 Å². The summed E-state index contributed by atoms with van der Waals surface area (Å²) in [5.41, 5.74) is 6.76. The van der Waals surface area contributed by atoms with Gasteiger partial charge in [0.15, 0.2) is 11.7 Å². The van der Waals surface area contributed by atoms with Gasteiger partial charge in [-0.05, 0) is 24.1 Å². The maximum atomic E-state index is 12.3. The van der Waals surface area contributed by atoms with Gasteiger partial charge in [0, 0.05) is 0 Å². The average molecular weight is 443 g/mol. The van der Waals surface area contributed by atoms with E-state index in [2.05, 4.69) is 15.0 Å². The lowest BCUT2D eigenvalue weighted by Gasteiger charge is -2.15. The van der Waals surface area contributed by atoms with Crippen molar-refractivity contribution in [1.29, 1.82) is 0 Å². The van der Waals surface area contributed by atoms with E-state index in [0.717, 1.165) is 12.0 Å². The number of anilines is 1. The topological polar surface area (TPSA) is 68.9 Å². The van der Waals surface area contributed by atoms with Crippen LogP contribution < -0.4 is 15.8 Å². The molecule has 0 saturated heterocycles. The summed E-state index contributed by atoms with van der Waals surface area (Å²) in [6.45, 7) is 1.51. The van der Waals surface area contributed by atoms with Crippen molar-refractivity contribution >= 4 is 35.6 Å². The fourth-order valence-electron chi connectivity index (χ4n) is 1.87. The van der Waals surface area contributed by atoms with Crippen LogP contribution >= 0.6 is 24.0 Å². The van der Waals surface area contributed by atoms with E-state index >= 15 is 0 Å². The van der Waals surface area contributed by atoms with Crippen LogP contribution in [0, 0.1) is 0 Å². The van der Waals surface area contributed by atoms with Crippen molar-refractivity contribution in [3.05, 3.63) is 35.9 Å². The zero-order valence-corrected chi connectivity index (χ0v) is 14.4. The summed E-state index contributed by atoms with van der Waals surface area (Å²) in [5.74, 6) is -0.363. The lowest BCUT2D eigenvalue weighted by Crippen LogP contribution is -2.25. The molecule has 3 N–H and O–H groups in total. The van der Waals surface area contributed by atoms with Gasteiger partial charge in [0.1, 0.15) is 0 Å². The van der Waals surface area contributed by atoms with Crippen molar-refractivity contribution in [2.45, 2.75) is 12.8 Å². The molecular formula is C14H17F3IN3O2. The molecule has 128 valence electrons. The van der Waals surface area contributed by atoms with E-state index in [0.29, 0.717) is 19.8 Å². The Balaban J connectivity index is 0.00000264. The van der Waals surface area contributed by atoms with Crippen molar-refractivity contribution in [2.75, 3.05) is 25.1 Å². The number of aliphatic imine (C=N–C) groups is 1. The Bertz CT molecular complexity index is 577. The minimum Gasteiger partial charge on any atom is -0.404 e. The molecule has 0 fully saturated rings. The number of ether oxygens (including phenoxy) is 2. The van der Waals surface area contributed by atoms with Gasteiger partial charge in [-0.3, -0.25) is 0 Å². The van der Waals surface area contributed by atoms with Crippen LogP contribution in [0.3, 0.4) is 0 Å². The summed E-state index contributed by atoms with van der Waals surface area (Å²) in [4.78, 5) is 4.08. The Kier molecular flexibility index (Phi) is 7.62. The van der Waals surface area contributed by atoms with Gasteiger partial charge in [-0.2, -0.15) is 0 Å². The predicted molar refractivity (Wildman–Crippen MR) is 92.2 cm³/mol. The first-order chi connectivity index (χ1) is 10.4. The molecular weight excluding hydrogens is 426 g/mol. The number of benzene rings is 1. The molecule has 0 bridgehead atoms. The highest BCUT2D eigenvalue weighted by molar-refractivity contribution is 14.0. The smallest absolute Gasteiger partial charge is 0.404 e. The molecule has 0 spiro atoms. The molecule has 0 saturated carbocycles. The molecule has 0 aromatic heterocycles. The van der Waals surface area contributed by atoms with Crippen LogP contribution in [0.25, 0.3) is 0 Å². The number of rotatable bonds is 4. The predicted octanol–water partition coefficient (Wildman–Crippen LogP) is 3.28. The van der Waals surface area contributed by atoms with Crippen molar-refractivity contribution in [3.8, 4) is 5.75 Å². The summed E-state index contributed by atoms with van der Waals surface area (Å²) in [6.07, 6.45) is -1.94. The SMILES string of the molecule is I.NC(=NCC1=CCCOC1)Nc1ccccc1OC(F)(F)F. The molecule has 0 aliphatic carbocycles. The number of hydrogen-bond acceptors (Lipinski definition) is 3. The Labute approximate surface area is 148 Å². The first kappa shape index (κ1) is 19.6. The summed E-state index contributed by atoms with van der Waals surface area (Å²) in [7, 11) is 0. The number of hydrogen-bond donors (Lipinski definition) is 2. The van der Waals surface area contributed by atoms with E-state index in [1.165, 1.54) is 18.2 Å². The third-order valence-electron chi connectivity index (χ3n) is 2.81. The summed E-state index contributed by atoms with van der Waals surface area (Å²) in [6, 6.07) is 5.62. The lowest BCUT2D eigenvalue weighted by atomic mass is 10.2. The van der Waals surface area contributed by atoms with E-state index in [9.17, 15) is 13.2 Å². The zero-order valence-electron chi connectivity index (χ0n) is 12.1. The maximum absolute atomic E-state index is 12.3. The fraction of sp³-hybridized carbons (Fsp3) is 0.357. The minimum atomic E-state index is -4.77. The first-order valence-electron chi connectivity index (χ1n) is 6.61. The quantitative estimate of drug-likeness (QED) is 0.325. The molecule has 0 radical (unpaired) electrons. The number of para-hydroxylation sites is 2. The molecule has 0 amide bonds. The number of halogens is 4. The molecule has 1 aliphatic heterocycles. The van der Waals surface area contributed by atoms with Gasteiger partial charge in [-0.1, -0.05) is 18.2 Å². The number of nitrogens with two attached hydrogens (primary N) is 1. The Morgan fingerprint density at radius 2 is 2.09 bits per heavy atom. The second-order valence-electron chi connectivity index (χ2n) is 4.57. The van der Waals surface area contributed by atoms with Crippen molar-refractivity contribution in [2.24, 2.45) is 10.7 Å². The van der Waals surface area contributed by atoms with Gasteiger partial charge < -0.3 is 20.5 Å². The standard InChI is InChI=1S/C14H16F3N3O2.HI/c15-14(16,17)22-12-6-2-1-5-11(12)20-13(18)19-8-10-4-3-7-21-9-10;/h1-2,4-6H,3,7-9H2,(H3,18,19,20);1H. The summed E-state index contributed by atoms with van der Waals surface area (Å²) < 4.78 is 46.1. The molecule has 0 atom stereocenters. The van der Waals surface area contributed by atoms with Crippen LogP contribution in [0.5, 0.6) is 5.75 Å². The average Bonchev–Trinajstić information content (AvgIpc) is 2.47. The van der Waals surface area contributed by atoms with E-state index in [-0.39, 0.29) is 41.4 Å². The van der Waals surface area contributed by atoms with Crippen LogP contribution in [0.15, 0.2) is 40.9 Å². The molecule has 1 aromatic carbocycles. The second-order valence-corrected chi connectivity index (χ2v) is 4.57. The molecule has 0 unspecified atom stereocenters. The molecule has 2 rings (SSSR count). The Morgan fingerprint density at radius 1 is 1.35 bits per heavy atom. The first-order valence-corrected chi connectivity index (χ1v) is 6.61. The monoisotopic (exact) mass is 443 g/mol. The summed E-state index contributed by atoms with van der Waals surface area (Å²) in [5, 5.41) is 2.61. The van der Waals surface area contributed by atoms with Gasteiger partial charge in [-0.25, -0.2) is 4.99 Å². The molecule has 23 heavy (non-hydrogen) atoms. The third-order valence-corrected chi connectivity index (χ3v) is 2.81. The van der Waals surface area contributed by atoms with Crippen molar-refractivity contribution in [3.63, 3.8) is 0 Å². The van der Waals surface area contributed by atoms with Gasteiger partial charge in [0.05, 0.1) is 25.4 Å². The minimum absolute atomic E-state index is 0. The highest BCUT2D eigenvalue weighted by Crippen LogP contribution is 2.29. The Hall–Kier alpha value is -1.49. The molecule has 5 nitrogen and oxygen atoms in total. The molecule has 1 heterocycles. The highest BCUT2D eigenvalue weighted by atomic mass is 127. The van der Waals surface area contributed by atoms with E-state index in [1.807, 2.05) is 6.08 Å². The van der Waals surface area contributed by atoms with Crippen LogP contribution in [0.2, 0.25) is 0 Å². The van der Waals surface area contributed by atoms with Crippen molar-refractivity contribution in [1.82, 2.24) is 0 Å². The van der Waals surface area contributed by atoms with E-state index in [4.69, 9.17) is 10.5 Å². The van der Waals surface area contributed by atoms with Crippen LogP contribution in [-0.2, 0) is 4.74 Å². The highest BCUT2D eigenvalue weighted by Gasteiger charge is 2.32. The van der Waals surface area contributed by atoms with E-state index in [1.54, 1.807) is 6.07 Å².